The third kappa shape index (κ3) is 3.10. The molecule has 0 saturated carbocycles. The van der Waals surface area contributed by atoms with E-state index in [1.165, 1.54) is 5.75 Å². The molecule has 1 aromatic heterocycles. The summed E-state index contributed by atoms with van der Waals surface area (Å²) in [6.07, 6.45) is 1.45. The maximum absolute atomic E-state index is 10.7. The van der Waals surface area contributed by atoms with Gasteiger partial charge in [-0.15, -0.1) is 0 Å². The molecular weight excluding hydrogens is 300 g/mol. The molecule has 0 spiro atoms. The Bertz CT molecular complexity index is 613. The van der Waals surface area contributed by atoms with E-state index in [0.717, 1.165) is 29.0 Å². The number of thioether (sulfide) groups is 2. The number of para-hydroxylation sites is 2. The zero-order valence-corrected chi connectivity index (χ0v) is 14.2. The van der Waals surface area contributed by atoms with Crippen molar-refractivity contribution in [3.05, 3.63) is 30.1 Å². The number of benzene rings is 1. The highest BCUT2D eigenvalue weighted by Crippen LogP contribution is 2.36. The largest absolute Gasteiger partial charge is 0.391 e. The van der Waals surface area contributed by atoms with Gasteiger partial charge in [-0.05, 0) is 18.6 Å². The van der Waals surface area contributed by atoms with Gasteiger partial charge in [0.1, 0.15) is 5.82 Å². The van der Waals surface area contributed by atoms with Crippen LogP contribution in [-0.2, 0) is 13.5 Å². The monoisotopic (exact) mass is 322 g/mol. The number of aliphatic hydroxyl groups is 1. The van der Waals surface area contributed by atoms with Gasteiger partial charge in [-0.25, -0.2) is 4.98 Å². The fraction of sp³-hybridized carbons (Fsp3) is 0.562. The van der Waals surface area contributed by atoms with Crippen molar-refractivity contribution in [3.63, 3.8) is 0 Å². The summed E-state index contributed by atoms with van der Waals surface area (Å²) in [6, 6.07) is 8.16. The van der Waals surface area contributed by atoms with Crippen LogP contribution >= 0.6 is 23.5 Å². The lowest BCUT2D eigenvalue weighted by Crippen LogP contribution is -2.37. The number of aryl methyl sites for hydroxylation is 1. The number of rotatable bonds is 4. The molecule has 0 amide bonds. The molecule has 2 aromatic rings. The molecule has 1 saturated heterocycles. The Labute approximate surface area is 134 Å². The van der Waals surface area contributed by atoms with E-state index in [1.54, 1.807) is 0 Å². The van der Waals surface area contributed by atoms with E-state index in [2.05, 4.69) is 22.5 Å². The van der Waals surface area contributed by atoms with Crippen molar-refractivity contribution in [2.45, 2.75) is 36.4 Å². The minimum atomic E-state index is -0.316. The van der Waals surface area contributed by atoms with Crippen LogP contribution in [-0.4, -0.2) is 42.8 Å². The lowest BCUT2D eigenvalue weighted by molar-refractivity contribution is 0.166. The number of nitrogens with zero attached hydrogens (tertiary/aromatic N) is 2. The Morgan fingerprint density at radius 3 is 2.86 bits per heavy atom. The first kappa shape index (κ1) is 15.3. The van der Waals surface area contributed by atoms with Gasteiger partial charge in [0.25, 0.3) is 0 Å². The fourth-order valence-electron chi connectivity index (χ4n) is 2.98. The summed E-state index contributed by atoms with van der Waals surface area (Å²) in [5, 5.41) is 11.6. The van der Waals surface area contributed by atoms with Crippen molar-refractivity contribution in [1.29, 1.82) is 0 Å². The van der Waals surface area contributed by atoms with Crippen LogP contribution in [0.1, 0.15) is 19.2 Å². The second kappa shape index (κ2) is 6.63. The van der Waals surface area contributed by atoms with Crippen LogP contribution in [0.25, 0.3) is 11.0 Å². The molecule has 3 atom stereocenters. The van der Waals surface area contributed by atoms with Gasteiger partial charge in [0.05, 0.1) is 17.1 Å². The summed E-state index contributed by atoms with van der Waals surface area (Å²) >= 11 is 3.94. The molecule has 3 unspecified atom stereocenters. The van der Waals surface area contributed by atoms with Crippen LogP contribution in [0.2, 0.25) is 0 Å². The van der Waals surface area contributed by atoms with E-state index in [1.807, 2.05) is 48.8 Å². The Balaban J connectivity index is 1.79. The number of hydrogen-bond donors (Lipinski definition) is 1. The highest BCUT2D eigenvalue weighted by Gasteiger charge is 2.31. The van der Waals surface area contributed by atoms with E-state index in [4.69, 9.17) is 0 Å². The van der Waals surface area contributed by atoms with Gasteiger partial charge >= 0.3 is 0 Å². The van der Waals surface area contributed by atoms with Gasteiger partial charge in [-0.2, -0.15) is 23.5 Å². The Hall–Kier alpha value is -0.650. The molecule has 1 aliphatic rings. The minimum Gasteiger partial charge on any atom is -0.391 e. The number of aliphatic hydroxyl groups excluding tert-OH is 1. The average molecular weight is 322 g/mol. The Morgan fingerprint density at radius 1 is 1.33 bits per heavy atom. The molecule has 1 aromatic carbocycles. The van der Waals surface area contributed by atoms with Crippen LogP contribution in [0.5, 0.6) is 0 Å². The van der Waals surface area contributed by atoms with Gasteiger partial charge < -0.3 is 9.67 Å². The van der Waals surface area contributed by atoms with Crippen LogP contribution in [0.3, 0.4) is 0 Å². The summed E-state index contributed by atoms with van der Waals surface area (Å²) in [5.74, 6) is 3.33. The summed E-state index contributed by atoms with van der Waals surface area (Å²) in [7, 11) is 2.04. The summed E-state index contributed by atoms with van der Waals surface area (Å²) in [5.41, 5.74) is 2.15. The molecule has 1 N–H and O–H groups in total. The van der Waals surface area contributed by atoms with E-state index in [-0.39, 0.29) is 6.10 Å². The van der Waals surface area contributed by atoms with Crippen molar-refractivity contribution in [2.75, 3.05) is 11.5 Å². The molecule has 1 fully saturated rings. The lowest BCUT2D eigenvalue weighted by atomic mass is 10.1. The molecule has 1 aliphatic heterocycles. The van der Waals surface area contributed by atoms with E-state index >= 15 is 0 Å². The zero-order chi connectivity index (χ0) is 14.8. The molecule has 0 aliphatic carbocycles. The fourth-order valence-corrected chi connectivity index (χ4v) is 6.12. The van der Waals surface area contributed by atoms with Crippen molar-refractivity contribution >= 4 is 34.6 Å². The molecule has 3 rings (SSSR count). The number of hydrogen-bond acceptors (Lipinski definition) is 4. The molecular formula is C16H22N2OS2. The van der Waals surface area contributed by atoms with E-state index in [9.17, 15) is 5.11 Å². The van der Waals surface area contributed by atoms with Crippen molar-refractivity contribution in [2.24, 2.45) is 7.05 Å². The number of fused-ring (bicyclic) bond motifs is 1. The quantitative estimate of drug-likeness (QED) is 0.939. The van der Waals surface area contributed by atoms with Gasteiger partial charge in [0.2, 0.25) is 0 Å². The highest BCUT2D eigenvalue weighted by atomic mass is 32.2. The lowest BCUT2D eigenvalue weighted by Gasteiger charge is -2.33. The maximum Gasteiger partial charge on any atom is 0.112 e. The van der Waals surface area contributed by atoms with Gasteiger partial charge in [0.15, 0.2) is 0 Å². The topological polar surface area (TPSA) is 38.1 Å². The van der Waals surface area contributed by atoms with Crippen LogP contribution in [0.4, 0.5) is 0 Å². The zero-order valence-electron chi connectivity index (χ0n) is 12.5. The first-order chi connectivity index (χ1) is 10.2. The number of aromatic nitrogens is 2. The van der Waals surface area contributed by atoms with Crippen LogP contribution in [0, 0.1) is 0 Å². The molecule has 0 bridgehead atoms. The first-order valence-corrected chi connectivity index (χ1v) is 9.62. The smallest absolute Gasteiger partial charge is 0.112 e. The minimum absolute atomic E-state index is 0.316. The third-order valence-electron chi connectivity index (χ3n) is 4.15. The van der Waals surface area contributed by atoms with Gasteiger partial charge in [0, 0.05) is 35.5 Å². The van der Waals surface area contributed by atoms with Crippen LogP contribution in [0.15, 0.2) is 24.3 Å². The highest BCUT2D eigenvalue weighted by molar-refractivity contribution is 8.07. The Kier molecular flexibility index (Phi) is 4.82. The molecule has 2 heterocycles. The summed E-state index contributed by atoms with van der Waals surface area (Å²) < 4.78 is 2.11. The average Bonchev–Trinajstić information content (AvgIpc) is 2.84. The summed E-state index contributed by atoms with van der Waals surface area (Å²) in [4.78, 5) is 4.68. The second-order valence-corrected chi connectivity index (χ2v) is 8.13. The maximum atomic E-state index is 10.7. The Morgan fingerprint density at radius 2 is 2.10 bits per heavy atom. The first-order valence-electron chi connectivity index (χ1n) is 7.52. The van der Waals surface area contributed by atoms with Crippen LogP contribution < -0.4 is 0 Å². The predicted molar refractivity (Wildman–Crippen MR) is 93.2 cm³/mol. The molecule has 5 heteroatoms. The van der Waals surface area contributed by atoms with Crippen molar-refractivity contribution in [1.82, 2.24) is 9.55 Å². The van der Waals surface area contributed by atoms with Crippen molar-refractivity contribution < 1.29 is 5.11 Å². The molecule has 3 nitrogen and oxygen atoms in total. The normalized spacial score (nSPS) is 24.3. The second-order valence-electron chi connectivity index (χ2n) is 5.50. The molecule has 114 valence electrons. The standard InChI is InChI=1S/C16H22N2OS2/c1-3-14-16(21-9-8-20-14)13(19)10-15-17-11-6-4-5-7-12(11)18(15)2/h4-7,13-14,16,19H,3,8-10H2,1-2H3. The molecule has 0 radical (unpaired) electrons. The van der Waals surface area contributed by atoms with Gasteiger partial charge in [-0.1, -0.05) is 19.1 Å². The van der Waals surface area contributed by atoms with E-state index in [0.29, 0.717) is 16.9 Å². The third-order valence-corrected chi connectivity index (χ3v) is 7.54. The number of imidazole rings is 1. The predicted octanol–water partition coefficient (Wildman–Crippen LogP) is 3.10. The molecule has 21 heavy (non-hydrogen) atoms. The SMILES string of the molecule is CCC1SCCSC1C(O)Cc1nc2ccccc2n1C. The summed E-state index contributed by atoms with van der Waals surface area (Å²) in [6.45, 7) is 2.22. The van der Waals surface area contributed by atoms with Crippen molar-refractivity contribution in [3.8, 4) is 0 Å². The van der Waals surface area contributed by atoms with Gasteiger partial charge in [-0.3, -0.25) is 0 Å². The van der Waals surface area contributed by atoms with E-state index < -0.39 is 0 Å².